The van der Waals surface area contributed by atoms with Gasteiger partial charge in [-0.1, -0.05) is 26.0 Å². The van der Waals surface area contributed by atoms with Gasteiger partial charge in [-0.3, -0.25) is 0 Å². The number of halogens is 2. The molecule has 0 unspecified atom stereocenters. The molecule has 2 rings (SSSR count). The maximum absolute atomic E-state index is 14.2. The van der Waals surface area contributed by atoms with E-state index in [9.17, 15) is 4.39 Å². The molecule has 108 valence electrons. The van der Waals surface area contributed by atoms with Gasteiger partial charge in [0.25, 0.3) is 0 Å². The SMILES string of the molecule is Cc1ccc(C(C)C)cc1Oc1ccc(C#N)c(Br)c1F. The summed E-state index contributed by atoms with van der Waals surface area (Å²) in [5.41, 5.74) is 2.30. The van der Waals surface area contributed by atoms with Gasteiger partial charge in [0, 0.05) is 0 Å². The molecule has 0 spiro atoms. The van der Waals surface area contributed by atoms with Gasteiger partial charge in [-0.2, -0.15) is 5.26 Å². The second kappa shape index (κ2) is 6.28. The Morgan fingerprint density at radius 2 is 1.90 bits per heavy atom. The Hall–Kier alpha value is -1.86. The molecule has 0 aromatic heterocycles. The lowest BCUT2D eigenvalue weighted by molar-refractivity contribution is 0.437. The Labute approximate surface area is 132 Å². The normalized spacial score (nSPS) is 10.5. The summed E-state index contributed by atoms with van der Waals surface area (Å²) in [6.45, 7) is 6.09. The van der Waals surface area contributed by atoms with Crippen LogP contribution in [-0.4, -0.2) is 0 Å². The number of hydrogen-bond donors (Lipinski definition) is 0. The van der Waals surface area contributed by atoms with Crippen LogP contribution in [0.1, 0.15) is 36.5 Å². The van der Waals surface area contributed by atoms with Crippen LogP contribution in [0.4, 0.5) is 4.39 Å². The molecule has 0 aliphatic heterocycles. The molecule has 2 aromatic carbocycles. The van der Waals surface area contributed by atoms with Crippen LogP contribution in [0.25, 0.3) is 0 Å². The molecule has 0 aliphatic carbocycles. The third-order valence-electron chi connectivity index (χ3n) is 3.27. The molecule has 0 saturated heterocycles. The molecule has 0 amide bonds. The van der Waals surface area contributed by atoms with Gasteiger partial charge in [0.1, 0.15) is 11.8 Å². The lowest BCUT2D eigenvalue weighted by Gasteiger charge is -2.13. The number of hydrogen-bond acceptors (Lipinski definition) is 2. The minimum atomic E-state index is -0.566. The summed E-state index contributed by atoms with van der Waals surface area (Å²) in [6, 6.07) is 10.8. The van der Waals surface area contributed by atoms with Crippen molar-refractivity contribution >= 4 is 15.9 Å². The van der Waals surface area contributed by atoms with Crippen molar-refractivity contribution in [1.29, 1.82) is 5.26 Å². The first-order valence-electron chi connectivity index (χ1n) is 6.60. The molecule has 0 saturated carbocycles. The van der Waals surface area contributed by atoms with Crippen molar-refractivity contribution in [2.45, 2.75) is 26.7 Å². The molecule has 21 heavy (non-hydrogen) atoms. The number of nitriles is 1. The van der Waals surface area contributed by atoms with E-state index in [4.69, 9.17) is 10.00 Å². The van der Waals surface area contributed by atoms with Crippen LogP contribution >= 0.6 is 15.9 Å². The lowest BCUT2D eigenvalue weighted by atomic mass is 10.0. The van der Waals surface area contributed by atoms with Crippen LogP contribution in [0.2, 0.25) is 0 Å². The number of rotatable bonds is 3. The highest BCUT2D eigenvalue weighted by Crippen LogP contribution is 2.34. The van der Waals surface area contributed by atoms with E-state index in [1.807, 2.05) is 31.2 Å². The van der Waals surface area contributed by atoms with Gasteiger partial charge in [0.15, 0.2) is 11.6 Å². The van der Waals surface area contributed by atoms with Gasteiger partial charge in [-0.15, -0.1) is 0 Å². The minimum absolute atomic E-state index is 0.102. The van der Waals surface area contributed by atoms with Crippen molar-refractivity contribution in [3.63, 3.8) is 0 Å². The van der Waals surface area contributed by atoms with Crippen LogP contribution in [0.5, 0.6) is 11.5 Å². The maximum Gasteiger partial charge on any atom is 0.181 e. The van der Waals surface area contributed by atoms with Crippen LogP contribution in [0.3, 0.4) is 0 Å². The molecule has 0 bridgehead atoms. The zero-order chi connectivity index (χ0) is 15.6. The van der Waals surface area contributed by atoms with Gasteiger partial charge in [0.05, 0.1) is 10.0 Å². The lowest BCUT2D eigenvalue weighted by Crippen LogP contribution is -1.95. The van der Waals surface area contributed by atoms with E-state index >= 15 is 0 Å². The first-order chi connectivity index (χ1) is 9.93. The maximum atomic E-state index is 14.2. The average molecular weight is 348 g/mol. The van der Waals surface area contributed by atoms with E-state index in [2.05, 4.69) is 29.8 Å². The first-order valence-corrected chi connectivity index (χ1v) is 7.39. The van der Waals surface area contributed by atoms with E-state index in [0.717, 1.165) is 11.1 Å². The van der Waals surface area contributed by atoms with Crippen molar-refractivity contribution in [2.24, 2.45) is 0 Å². The zero-order valence-corrected chi connectivity index (χ0v) is 13.7. The summed E-state index contributed by atoms with van der Waals surface area (Å²) in [5.74, 6) is 0.524. The quantitative estimate of drug-likeness (QED) is 0.714. The van der Waals surface area contributed by atoms with Crippen molar-refractivity contribution in [1.82, 2.24) is 0 Å². The molecule has 0 N–H and O–H groups in total. The van der Waals surface area contributed by atoms with Gasteiger partial charge < -0.3 is 4.74 Å². The third kappa shape index (κ3) is 3.25. The second-order valence-electron chi connectivity index (χ2n) is 5.13. The van der Waals surface area contributed by atoms with Crippen LogP contribution < -0.4 is 4.74 Å². The standard InChI is InChI=1S/C17H15BrFNO/c1-10(2)12-5-4-11(3)15(8-12)21-14-7-6-13(9-20)16(18)17(14)19/h4-8,10H,1-3H3. The fraction of sp³-hybridized carbons (Fsp3) is 0.235. The summed E-state index contributed by atoms with van der Waals surface area (Å²) in [7, 11) is 0. The van der Waals surface area contributed by atoms with Gasteiger partial charge >= 0.3 is 0 Å². The summed E-state index contributed by atoms with van der Waals surface area (Å²) >= 11 is 3.08. The Bertz CT molecular complexity index is 719. The van der Waals surface area contributed by atoms with Gasteiger partial charge in [-0.25, -0.2) is 4.39 Å². The third-order valence-corrected chi connectivity index (χ3v) is 4.04. The zero-order valence-electron chi connectivity index (χ0n) is 12.1. The highest BCUT2D eigenvalue weighted by atomic mass is 79.9. The highest BCUT2D eigenvalue weighted by molar-refractivity contribution is 9.10. The fourth-order valence-corrected chi connectivity index (χ4v) is 2.32. The Morgan fingerprint density at radius 1 is 1.19 bits per heavy atom. The molecular weight excluding hydrogens is 333 g/mol. The molecule has 2 aromatic rings. The van der Waals surface area contributed by atoms with E-state index in [1.54, 1.807) is 0 Å². The van der Waals surface area contributed by atoms with Crippen LogP contribution in [0, 0.1) is 24.1 Å². The topological polar surface area (TPSA) is 33.0 Å². The molecular formula is C17H15BrFNO. The predicted molar refractivity (Wildman–Crippen MR) is 84.2 cm³/mol. The number of nitrogens with zero attached hydrogens (tertiary/aromatic N) is 1. The molecule has 0 atom stereocenters. The van der Waals surface area contributed by atoms with E-state index in [-0.39, 0.29) is 15.8 Å². The van der Waals surface area contributed by atoms with Crippen molar-refractivity contribution in [3.8, 4) is 17.6 Å². The smallest absolute Gasteiger partial charge is 0.181 e. The van der Waals surface area contributed by atoms with Crippen molar-refractivity contribution in [3.05, 3.63) is 57.3 Å². The predicted octanol–water partition coefficient (Wildman–Crippen LogP) is 5.68. The molecule has 0 aliphatic rings. The average Bonchev–Trinajstić information content (AvgIpc) is 2.46. The van der Waals surface area contributed by atoms with Gasteiger partial charge in [-0.05, 0) is 58.1 Å². The van der Waals surface area contributed by atoms with E-state index < -0.39 is 5.82 Å². The van der Waals surface area contributed by atoms with Gasteiger partial charge in [0.2, 0.25) is 0 Å². The molecule has 0 radical (unpaired) electrons. The van der Waals surface area contributed by atoms with E-state index in [0.29, 0.717) is 11.7 Å². The fourth-order valence-electron chi connectivity index (χ4n) is 1.90. The Balaban J connectivity index is 2.41. The molecule has 2 nitrogen and oxygen atoms in total. The molecule has 4 heteroatoms. The minimum Gasteiger partial charge on any atom is -0.454 e. The van der Waals surface area contributed by atoms with Crippen molar-refractivity contribution < 1.29 is 9.13 Å². The Kier molecular flexibility index (Phi) is 4.64. The van der Waals surface area contributed by atoms with Crippen LogP contribution in [-0.2, 0) is 0 Å². The number of benzene rings is 2. The summed E-state index contributed by atoms with van der Waals surface area (Å²) in [4.78, 5) is 0. The number of ether oxygens (including phenoxy) is 1. The monoisotopic (exact) mass is 347 g/mol. The van der Waals surface area contributed by atoms with Crippen molar-refractivity contribution in [2.75, 3.05) is 0 Å². The van der Waals surface area contributed by atoms with Crippen LogP contribution in [0.15, 0.2) is 34.8 Å². The summed E-state index contributed by atoms with van der Waals surface area (Å²) in [6.07, 6.45) is 0. The summed E-state index contributed by atoms with van der Waals surface area (Å²) in [5, 5.41) is 8.88. The van der Waals surface area contributed by atoms with E-state index in [1.165, 1.54) is 12.1 Å². The summed E-state index contributed by atoms with van der Waals surface area (Å²) < 4.78 is 20.0. The molecule has 0 heterocycles. The number of aryl methyl sites for hydroxylation is 1. The molecule has 0 fully saturated rings. The second-order valence-corrected chi connectivity index (χ2v) is 5.93. The largest absolute Gasteiger partial charge is 0.454 e. The first kappa shape index (κ1) is 15.5. The highest BCUT2D eigenvalue weighted by Gasteiger charge is 2.14. The Morgan fingerprint density at radius 3 is 2.52 bits per heavy atom.